The van der Waals surface area contributed by atoms with Gasteiger partial charge in [0.1, 0.15) is 11.2 Å². The summed E-state index contributed by atoms with van der Waals surface area (Å²) in [4.78, 5) is 11.3. The van der Waals surface area contributed by atoms with Crippen LogP contribution in [0.4, 0.5) is 4.39 Å². The minimum Gasteiger partial charge on any atom is -0.481 e. The fraction of sp³-hybridized carbons (Fsp3) is 0.250. The van der Waals surface area contributed by atoms with Gasteiger partial charge in [-0.1, -0.05) is 35.9 Å². The maximum atomic E-state index is 13.8. The molecule has 16 heavy (non-hydrogen) atoms. The van der Waals surface area contributed by atoms with Gasteiger partial charge >= 0.3 is 5.97 Å². The molecule has 0 spiro atoms. The molecule has 1 aromatic rings. The Bertz CT molecular complexity index is 460. The highest BCUT2D eigenvalue weighted by Crippen LogP contribution is 2.40. The highest BCUT2D eigenvalue weighted by Gasteiger charge is 2.42. The third kappa shape index (κ3) is 1.52. The summed E-state index contributed by atoms with van der Waals surface area (Å²) in [6, 6.07) is 4.48. The zero-order valence-corrected chi connectivity index (χ0v) is 9.17. The van der Waals surface area contributed by atoms with Crippen LogP contribution >= 0.6 is 11.6 Å². The van der Waals surface area contributed by atoms with E-state index in [1.54, 1.807) is 18.2 Å². The normalized spacial score (nSPS) is 17.6. The Hall–Kier alpha value is -1.35. The van der Waals surface area contributed by atoms with Crippen LogP contribution in [-0.2, 0) is 10.2 Å². The number of hydrogen-bond acceptors (Lipinski definition) is 1. The fourth-order valence-corrected chi connectivity index (χ4v) is 2.21. The zero-order chi connectivity index (χ0) is 11.8. The van der Waals surface area contributed by atoms with Crippen molar-refractivity contribution in [2.75, 3.05) is 0 Å². The molecule has 0 saturated heterocycles. The molecule has 0 aromatic heterocycles. The van der Waals surface area contributed by atoms with Crippen LogP contribution in [0.25, 0.3) is 0 Å². The molecule has 2 rings (SSSR count). The van der Waals surface area contributed by atoms with E-state index in [0.717, 1.165) is 0 Å². The van der Waals surface area contributed by atoms with Gasteiger partial charge in [-0.05, 0) is 18.9 Å². The third-order valence-electron chi connectivity index (χ3n) is 2.98. The van der Waals surface area contributed by atoms with E-state index in [4.69, 9.17) is 11.6 Å². The van der Waals surface area contributed by atoms with Crippen LogP contribution in [0, 0.1) is 5.82 Å². The summed E-state index contributed by atoms with van der Waals surface area (Å²) in [7, 11) is 0. The Labute approximate surface area is 97.4 Å². The number of aliphatic carboxylic acids is 1. The number of rotatable bonds is 2. The van der Waals surface area contributed by atoms with Crippen molar-refractivity contribution in [2.45, 2.75) is 18.3 Å². The van der Waals surface area contributed by atoms with Crippen LogP contribution < -0.4 is 0 Å². The van der Waals surface area contributed by atoms with Crippen LogP contribution in [0.15, 0.2) is 30.4 Å². The van der Waals surface area contributed by atoms with Gasteiger partial charge in [0.25, 0.3) is 0 Å². The third-order valence-corrected chi connectivity index (χ3v) is 3.27. The van der Waals surface area contributed by atoms with Gasteiger partial charge in [0.2, 0.25) is 0 Å². The van der Waals surface area contributed by atoms with Gasteiger partial charge in [-0.25, -0.2) is 4.39 Å². The van der Waals surface area contributed by atoms with E-state index in [0.29, 0.717) is 12.8 Å². The van der Waals surface area contributed by atoms with Gasteiger partial charge in [0.15, 0.2) is 0 Å². The molecule has 84 valence electrons. The maximum absolute atomic E-state index is 13.8. The number of carboxylic acid groups (broad SMARTS) is 1. The van der Waals surface area contributed by atoms with Crippen molar-refractivity contribution in [3.05, 3.63) is 46.8 Å². The quantitative estimate of drug-likeness (QED) is 0.807. The van der Waals surface area contributed by atoms with Crippen molar-refractivity contribution in [3.63, 3.8) is 0 Å². The number of carboxylic acids is 1. The van der Waals surface area contributed by atoms with Gasteiger partial charge in [-0.15, -0.1) is 0 Å². The number of allylic oxidation sites excluding steroid dienone is 2. The molecule has 0 amide bonds. The van der Waals surface area contributed by atoms with Crippen molar-refractivity contribution in [1.29, 1.82) is 0 Å². The first kappa shape index (κ1) is 11.1. The van der Waals surface area contributed by atoms with Crippen molar-refractivity contribution in [3.8, 4) is 0 Å². The maximum Gasteiger partial charge on any atom is 0.314 e. The molecular formula is C12H10ClFO2. The molecule has 2 nitrogen and oxygen atoms in total. The number of benzene rings is 1. The molecule has 0 saturated carbocycles. The van der Waals surface area contributed by atoms with Gasteiger partial charge in [-0.3, -0.25) is 4.79 Å². The Morgan fingerprint density at radius 2 is 2.00 bits per heavy atom. The van der Waals surface area contributed by atoms with Crippen molar-refractivity contribution in [2.24, 2.45) is 0 Å². The summed E-state index contributed by atoms with van der Waals surface area (Å²) in [6.07, 6.45) is 4.13. The van der Waals surface area contributed by atoms with E-state index in [1.807, 2.05) is 0 Å². The fourth-order valence-electron chi connectivity index (χ4n) is 2.04. The highest BCUT2D eigenvalue weighted by molar-refractivity contribution is 6.30. The van der Waals surface area contributed by atoms with Crippen LogP contribution in [0.3, 0.4) is 0 Å². The molecule has 0 unspecified atom stereocenters. The first-order valence-electron chi connectivity index (χ1n) is 4.91. The first-order chi connectivity index (χ1) is 7.58. The summed E-state index contributed by atoms with van der Waals surface area (Å²) in [5.41, 5.74) is -1.02. The van der Waals surface area contributed by atoms with E-state index >= 15 is 0 Å². The predicted molar refractivity (Wildman–Crippen MR) is 59.1 cm³/mol. The van der Waals surface area contributed by atoms with Gasteiger partial charge < -0.3 is 5.11 Å². The monoisotopic (exact) mass is 240 g/mol. The van der Waals surface area contributed by atoms with Crippen LogP contribution in [-0.4, -0.2) is 11.1 Å². The molecule has 1 aliphatic rings. The topological polar surface area (TPSA) is 37.3 Å². The summed E-state index contributed by atoms with van der Waals surface area (Å²) < 4.78 is 13.8. The summed E-state index contributed by atoms with van der Waals surface area (Å²) >= 11 is 5.67. The van der Waals surface area contributed by atoms with E-state index in [-0.39, 0.29) is 10.6 Å². The molecule has 0 atom stereocenters. The van der Waals surface area contributed by atoms with Crippen molar-refractivity contribution < 1.29 is 14.3 Å². The Kier molecular flexibility index (Phi) is 2.72. The Morgan fingerprint density at radius 3 is 2.56 bits per heavy atom. The second-order valence-corrected chi connectivity index (χ2v) is 4.28. The first-order valence-corrected chi connectivity index (χ1v) is 5.28. The summed E-state index contributed by atoms with van der Waals surface area (Å²) in [6.45, 7) is 0. The van der Waals surface area contributed by atoms with Gasteiger partial charge in [-0.2, -0.15) is 0 Å². The molecule has 1 aliphatic carbocycles. The second kappa shape index (κ2) is 3.91. The second-order valence-electron chi connectivity index (χ2n) is 3.87. The van der Waals surface area contributed by atoms with E-state index in [1.165, 1.54) is 12.1 Å². The van der Waals surface area contributed by atoms with Gasteiger partial charge in [0, 0.05) is 5.56 Å². The van der Waals surface area contributed by atoms with Gasteiger partial charge in [0.05, 0.1) is 5.02 Å². The molecule has 0 aliphatic heterocycles. The molecule has 1 aromatic carbocycles. The highest BCUT2D eigenvalue weighted by atomic mass is 35.5. The van der Waals surface area contributed by atoms with E-state index in [9.17, 15) is 14.3 Å². The molecule has 1 N–H and O–H groups in total. The number of halogens is 2. The van der Waals surface area contributed by atoms with E-state index in [2.05, 4.69) is 0 Å². The Morgan fingerprint density at radius 1 is 1.38 bits per heavy atom. The zero-order valence-electron chi connectivity index (χ0n) is 8.41. The lowest BCUT2D eigenvalue weighted by molar-refractivity contribution is -0.143. The standard InChI is InChI=1S/C12H10ClFO2/c13-9-5-3-4-8(10(9)14)12(11(15)16)6-1-2-7-12/h1-5H,6-7H2,(H,15,16). The SMILES string of the molecule is O=C(O)C1(c2cccc(Cl)c2F)CC=CC1. The molecule has 0 bridgehead atoms. The van der Waals surface area contributed by atoms with Crippen molar-refractivity contribution >= 4 is 17.6 Å². The molecule has 0 fully saturated rings. The number of hydrogen-bond donors (Lipinski definition) is 1. The molecule has 0 heterocycles. The van der Waals surface area contributed by atoms with E-state index < -0.39 is 17.2 Å². The lowest BCUT2D eigenvalue weighted by atomic mass is 9.78. The lowest BCUT2D eigenvalue weighted by Gasteiger charge is -2.25. The molecule has 4 heteroatoms. The average Bonchev–Trinajstić information content (AvgIpc) is 2.72. The van der Waals surface area contributed by atoms with Crippen LogP contribution in [0.2, 0.25) is 5.02 Å². The summed E-state index contributed by atoms with van der Waals surface area (Å²) in [5, 5.41) is 9.25. The average molecular weight is 241 g/mol. The minimum atomic E-state index is -1.19. The largest absolute Gasteiger partial charge is 0.481 e. The Balaban J connectivity index is 2.57. The summed E-state index contributed by atoms with van der Waals surface area (Å²) in [5.74, 6) is -1.64. The predicted octanol–water partition coefficient (Wildman–Crippen LogP) is 3.15. The minimum absolute atomic E-state index is 0.0370. The lowest BCUT2D eigenvalue weighted by Crippen LogP contribution is -2.34. The molecular weight excluding hydrogens is 231 g/mol. The number of carbonyl (C=O) groups is 1. The molecule has 0 radical (unpaired) electrons. The van der Waals surface area contributed by atoms with Crippen LogP contribution in [0.1, 0.15) is 18.4 Å². The van der Waals surface area contributed by atoms with Crippen molar-refractivity contribution in [1.82, 2.24) is 0 Å². The van der Waals surface area contributed by atoms with Crippen LogP contribution in [0.5, 0.6) is 0 Å². The smallest absolute Gasteiger partial charge is 0.314 e.